The quantitative estimate of drug-likeness (QED) is 0.586. The van der Waals surface area contributed by atoms with Crippen molar-refractivity contribution < 1.29 is 29.7 Å². The molecule has 0 amide bonds. The second-order valence-electron chi connectivity index (χ2n) is 4.59. The molecule has 0 radical (unpaired) electrons. The molecule has 0 saturated carbocycles. The van der Waals surface area contributed by atoms with E-state index in [-0.39, 0.29) is 6.15 Å². The zero-order valence-electron chi connectivity index (χ0n) is 15.5. The minimum Gasteiger partial charge on any atom is -0.481 e. The molecule has 0 heterocycles. The molecule has 1 rings (SSSR count). The van der Waals surface area contributed by atoms with Gasteiger partial charge in [0.2, 0.25) is 0 Å². The molecule has 0 aliphatic heterocycles. The average molecular weight is 359 g/mol. The molecule has 25 heavy (non-hydrogen) atoms. The lowest BCUT2D eigenvalue weighted by atomic mass is 10.4. The van der Waals surface area contributed by atoms with Crippen LogP contribution in [0.4, 0.5) is 0 Å². The Bertz CT molecular complexity index is 345. The largest absolute Gasteiger partial charge is 0.481 e. The molecule has 0 spiro atoms. The van der Waals surface area contributed by atoms with Gasteiger partial charge in [-0.2, -0.15) is 0 Å². The number of carboxylic acids is 3. The highest BCUT2D eigenvalue weighted by Crippen LogP contribution is 1.83. The first kappa shape index (κ1) is 30.5. The zero-order valence-corrected chi connectivity index (χ0v) is 15.5. The van der Waals surface area contributed by atoms with E-state index >= 15 is 0 Å². The lowest BCUT2D eigenvalue weighted by molar-refractivity contribution is -0.138. The van der Waals surface area contributed by atoms with Crippen molar-refractivity contribution in [1.29, 1.82) is 0 Å². The molecule has 0 atom stereocenters. The van der Waals surface area contributed by atoms with Crippen molar-refractivity contribution in [3.05, 3.63) is 36.4 Å². The summed E-state index contributed by atoms with van der Waals surface area (Å²) in [6.07, 6.45) is 3.07. The molecule has 0 saturated heterocycles. The molecule has 146 valence electrons. The van der Waals surface area contributed by atoms with E-state index in [0.717, 1.165) is 19.3 Å². The maximum Gasteiger partial charge on any atom is 0.303 e. The van der Waals surface area contributed by atoms with E-state index in [4.69, 9.17) is 15.3 Å². The fourth-order valence-corrected chi connectivity index (χ4v) is 1.03. The van der Waals surface area contributed by atoms with Gasteiger partial charge in [0.15, 0.2) is 0 Å². The standard InChI is InChI=1S/C6H6.3C4H8O2.H3N/c1-2-4-6-5-3-1;3*1-2-3-4(5)6;/h1-6H;3*2-3H2,1H3,(H,5,6);1H3. The third-order valence-electron chi connectivity index (χ3n) is 2.06. The normalized spacial score (nSPS) is 7.80. The maximum atomic E-state index is 9.60. The van der Waals surface area contributed by atoms with Crippen molar-refractivity contribution in [2.45, 2.75) is 59.3 Å². The van der Waals surface area contributed by atoms with Crippen molar-refractivity contribution in [3.63, 3.8) is 0 Å². The highest BCUT2D eigenvalue weighted by Gasteiger charge is 1.88. The molecule has 0 fully saturated rings. The van der Waals surface area contributed by atoms with E-state index in [1.165, 1.54) is 0 Å². The Hall–Kier alpha value is -2.41. The summed E-state index contributed by atoms with van der Waals surface area (Å²) in [6.45, 7) is 5.52. The number of hydrogen-bond acceptors (Lipinski definition) is 4. The van der Waals surface area contributed by atoms with Gasteiger partial charge in [-0.25, -0.2) is 0 Å². The summed E-state index contributed by atoms with van der Waals surface area (Å²) < 4.78 is 0. The molecule has 0 aliphatic rings. The fraction of sp³-hybridized carbons (Fsp3) is 0.500. The van der Waals surface area contributed by atoms with Gasteiger partial charge >= 0.3 is 17.9 Å². The monoisotopic (exact) mass is 359 g/mol. The van der Waals surface area contributed by atoms with Gasteiger partial charge in [-0.3, -0.25) is 14.4 Å². The smallest absolute Gasteiger partial charge is 0.303 e. The summed E-state index contributed by atoms with van der Waals surface area (Å²) in [5.41, 5.74) is 0. The molecule has 0 aromatic heterocycles. The van der Waals surface area contributed by atoms with Crippen LogP contribution in [0.1, 0.15) is 59.3 Å². The first-order chi connectivity index (χ1) is 11.3. The summed E-state index contributed by atoms with van der Waals surface area (Å²) >= 11 is 0. The van der Waals surface area contributed by atoms with Crippen LogP contribution in [0.3, 0.4) is 0 Å². The van der Waals surface area contributed by atoms with E-state index in [1.54, 1.807) is 0 Å². The van der Waals surface area contributed by atoms with Crippen LogP contribution in [0, 0.1) is 0 Å². The number of rotatable bonds is 6. The zero-order chi connectivity index (χ0) is 19.2. The van der Waals surface area contributed by atoms with Crippen molar-refractivity contribution in [1.82, 2.24) is 6.15 Å². The second kappa shape index (κ2) is 26.5. The van der Waals surface area contributed by atoms with Gasteiger partial charge in [0.25, 0.3) is 0 Å². The van der Waals surface area contributed by atoms with Crippen LogP contribution >= 0.6 is 0 Å². The van der Waals surface area contributed by atoms with Gasteiger partial charge in [0.1, 0.15) is 0 Å². The number of hydrogen-bond donors (Lipinski definition) is 4. The molecular formula is C18H33NO6. The lowest BCUT2D eigenvalue weighted by Crippen LogP contribution is -1.90. The summed E-state index contributed by atoms with van der Waals surface area (Å²) in [7, 11) is 0. The van der Waals surface area contributed by atoms with Crippen LogP contribution in [0.2, 0.25) is 0 Å². The molecule has 0 unspecified atom stereocenters. The van der Waals surface area contributed by atoms with Crippen LogP contribution in [0.15, 0.2) is 36.4 Å². The van der Waals surface area contributed by atoms with Crippen LogP contribution in [-0.4, -0.2) is 33.2 Å². The van der Waals surface area contributed by atoms with Gasteiger partial charge in [0, 0.05) is 19.3 Å². The van der Waals surface area contributed by atoms with E-state index in [2.05, 4.69) is 0 Å². The van der Waals surface area contributed by atoms with Crippen molar-refractivity contribution in [3.8, 4) is 0 Å². The first-order valence-corrected chi connectivity index (χ1v) is 7.97. The topological polar surface area (TPSA) is 147 Å². The van der Waals surface area contributed by atoms with Gasteiger partial charge in [-0.15, -0.1) is 0 Å². The summed E-state index contributed by atoms with van der Waals surface area (Å²) in [6, 6.07) is 12.0. The highest BCUT2D eigenvalue weighted by molar-refractivity contribution is 5.67. The maximum absolute atomic E-state index is 9.60. The lowest BCUT2D eigenvalue weighted by Gasteiger charge is -1.79. The molecule has 6 N–H and O–H groups in total. The number of carbonyl (C=O) groups is 3. The second-order valence-corrected chi connectivity index (χ2v) is 4.59. The van der Waals surface area contributed by atoms with Crippen LogP contribution in [0.5, 0.6) is 0 Å². The van der Waals surface area contributed by atoms with Gasteiger partial charge in [0.05, 0.1) is 0 Å². The molecule has 7 heteroatoms. The van der Waals surface area contributed by atoms with Gasteiger partial charge in [-0.05, 0) is 19.3 Å². The van der Waals surface area contributed by atoms with Gasteiger partial charge < -0.3 is 21.5 Å². The number of carboxylic acid groups (broad SMARTS) is 3. The van der Waals surface area contributed by atoms with Gasteiger partial charge in [-0.1, -0.05) is 57.2 Å². The SMILES string of the molecule is CCCC(=O)O.CCCC(=O)O.CCCC(=O)O.N.c1ccccc1. The van der Waals surface area contributed by atoms with Crippen molar-refractivity contribution in [2.75, 3.05) is 0 Å². The molecule has 7 nitrogen and oxygen atoms in total. The first-order valence-electron chi connectivity index (χ1n) is 7.97. The van der Waals surface area contributed by atoms with Crippen LogP contribution < -0.4 is 6.15 Å². The predicted octanol–water partition coefficient (Wildman–Crippen LogP) is 4.46. The Morgan fingerprint density at radius 3 is 0.760 bits per heavy atom. The minimum atomic E-state index is -0.711. The van der Waals surface area contributed by atoms with E-state index in [0.29, 0.717) is 19.3 Å². The third kappa shape index (κ3) is 52.3. The molecule has 1 aromatic rings. The Morgan fingerprint density at radius 1 is 0.560 bits per heavy atom. The van der Waals surface area contributed by atoms with Crippen LogP contribution in [0.25, 0.3) is 0 Å². The minimum absolute atomic E-state index is 0. The Morgan fingerprint density at radius 2 is 0.720 bits per heavy atom. The Kier molecular flexibility index (Phi) is 32.3. The highest BCUT2D eigenvalue weighted by atomic mass is 16.4. The molecule has 0 bridgehead atoms. The van der Waals surface area contributed by atoms with E-state index in [9.17, 15) is 14.4 Å². The van der Waals surface area contributed by atoms with E-state index < -0.39 is 17.9 Å². The third-order valence-corrected chi connectivity index (χ3v) is 2.06. The molecule has 0 aliphatic carbocycles. The van der Waals surface area contributed by atoms with Crippen LogP contribution in [-0.2, 0) is 14.4 Å². The average Bonchev–Trinajstić information content (AvgIpc) is 2.50. The predicted molar refractivity (Wildman–Crippen MR) is 99.1 cm³/mol. The Labute approximate surface area is 150 Å². The van der Waals surface area contributed by atoms with E-state index in [1.807, 2.05) is 57.2 Å². The molecule has 1 aromatic carbocycles. The Balaban J connectivity index is -0.000000116. The summed E-state index contributed by atoms with van der Waals surface area (Å²) in [5, 5.41) is 23.7. The summed E-state index contributed by atoms with van der Waals surface area (Å²) in [4.78, 5) is 28.8. The van der Waals surface area contributed by atoms with Crippen molar-refractivity contribution in [2.24, 2.45) is 0 Å². The number of benzene rings is 1. The summed E-state index contributed by atoms with van der Waals surface area (Å²) in [5.74, 6) is -2.13. The van der Waals surface area contributed by atoms with Crippen molar-refractivity contribution >= 4 is 17.9 Å². The molecular weight excluding hydrogens is 326 g/mol. The number of aliphatic carboxylic acids is 3. The fourth-order valence-electron chi connectivity index (χ4n) is 1.03.